The quantitative estimate of drug-likeness (QED) is 0.859. The van der Waals surface area contributed by atoms with E-state index in [2.05, 4.69) is 0 Å². The van der Waals surface area contributed by atoms with Gasteiger partial charge in [0.2, 0.25) is 0 Å². The second-order valence-corrected chi connectivity index (χ2v) is 3.86. The number of methoxy groups -OCH3 is 1. The molecule has 1 aromatic rings. The summed E-state index contributed by atoms with van der Waals surface area (Å²) < 4.78 is 5.23. The van der Waals surface area contributed by atoms with Crippen molar-refractivity contribution in [1.82, 2.24) is 0 Å². The summed E-state index contributed by atoms with van der Waals surface area (Å²) >= 11 is 5.92. The highest BCUT2D eigenvalue weighted by Gasteiger charge is 2.11. The normalized spacial score (nSPS) is 11.8. The zero-order valence-electron chi connectivity index (χ0n) is 9.28. The number of hydrogen-bond acceptors (Lipinski definition) is 3. The lowest BCUT2D eigenvalue weighted by molar-refractivity contribution is 0.404. The lowest BCUT2D eigenvalue weighted by Gasteiger charge is -2.15. The topological polar surface area (TPSA) is 61.3 Å². The van der Waals surface area contributed by atoms with Crippen molar-refractivity contribution in [2.24, 2.45) is 11.5 Å². The summed E-state index contributed by atoms with van der Waals surface area (Å²) in [6.45, 7) is 0.649. The first-order valence-electron chi connectivity index (χ1n) is 4.98. The van der Waals surface area contributed by atoms with Crippen LogP contribution in [0.4, 0.5) is 0 Å². The molecule has 0 aromatic heterocycles. The van der Waals surface area contributed by atoms with Crippen LogP contribution in [-0.2, 0) is 0 Å². The van der Waals surface area contributed by atoms with Gasteiger partial charge in [-0.15, -0.1) is 12.4 Å². The lowest BCUT2D eigenvalue weighted by Crippen LogP contribution is -2.13. The maximum atomic E-state index is 6.03. The molecule has 0 spiro atoms. The molecular weight excluding hydrogens is 247 g/mol. The molecule has 0 aliphatic heterocycles. The molecule has 0 bridgehead atoms. The van der Waals surface area contributed by atoms with Crippen molar-refractivity contribution >= 4 is 24.0 Å². The largest absolute Gasteiger partial charge is 0.496 e. The van der Waals surface area contributed by atoms with Gasteiger partial charge in [-0.3, -0.25) is 0 Å². The molecule has 1 aromatic carbocycles. The molecule has 1 atom stereocenters. The van der Waals surface area contributed by atoms with Crippen molar-refractivity contribution in [3.8, 4) is 5.75 Å². The number of benzene rings is 1. The number of rotatable bonds is 5. The Balaban J connectivity index is 0.00000225. The van der Waals surface area contributed by atoms with E-state index < -0.39 is 0 Å². The van der Waals surface area contributed by atoms with E-state index >= 15 is 0 Å². The molecule has 5 heteroatoms. The van der Waals surface area contributed by atoms with E-state index in [4.69, 9.17) is 27.8 Å². The summed E-state index contributed by atoms with van der Waals surface area (Å²) in [7, 11) is 1.63. The molecule has 3 nitrogen and oxygen atoms in total. The maximum Gasteiger partial charge on any atom is 0.123 e. The van der Waals surface area contributed by atoms with Crippen LogP contribution in [0, 0.1) is 0 Å². The molecule has 0 amide bonds. The Labute approximate surface area is 108 Å². The van der Waals surface area contributed by atoms with Gasteiger partial charge in [-0.05, 0) is 37.6 Å². The first-order chi connectivity index (χ1) is 7.19. The minimum absolute atomic E-state index is 0. The van der Waals surface area contributed by atoms with E-state index in [1.807, 2.05) is 12.1 Å². The van der Waals surface area contributed by atoms with Gasteiger partial charge in [-0.25, -0.2) is 0 Å². The van der Waals surface area contributed by atoms with Crippen molar-refractivity contribution in [2.75, 3.05) is 13.7 Å². The predicted octanol–water partition coefficient (Wildman–Crippen LogP) is 2.51. The van der Waals surface area contributed by atoms with E-state index in [-0.39, 0.29) is 18.4 Å². The van der Waals surface area contributed by atoms with Crippen LogP contribution in [0.1, 0.15) is 24.4 Å². The van der Waals surface area contributed by atoms with E-state index in [0.29, 0.717) is 11.6 Å². The van der Waals surface area contributed by atoms with Crippen molar-refractivity contribution in [1.29, 1.82) is 0 Å². The van der Waals surface area contributed by atoms with Gasteiger partial charge < -0.3 is 16.2 Å². The second-order valence-electron chi connectivity index (χ2n) is 3.42. The number of halogens is 2. The Bertz CT molecular complexity index is 321. The summed E-state index contributed by atoms with van der Waals surface area (Å²) in [4.78, 5) is 0. The van der Waals surface area contributed by atoms with Gasteiger partial charge in [0, 0.05) is 16.6 Å². The van der Waals surface area contributed by atoms with Gasteiger partial charge in [0.1, 0.15) is 5.75 Å². The summed E-state index contributed by atoms with van der Waals surface area (Å²) in [5, 5.41) is 0.675. The van der Waals surface area contributed by atoms with Crippen LogP contribution in [0.3, 0.4) is 0 Å². The molecule has 0 heterocycles. The van der Waals surface area contributed by atoms with E-state index in [1.165, 1.54) is 0 Å². The summed E-state index contributed by atoms with van der Waals surface area (Å²) in [6.07, 6.45) is 1.74. The van der Waals surface area contributed by atoms with Crippen LogP contribution in [0.25, 0.3) is 0 Å². The van der Waals surface area contributed by atoms with Crippen LogP contribution >= 0.6 is 24.0 Å². The highest BCUT2D eigenvalue weighted by molar-refractivity contribution is 6.30. The molecule has 4 N–H and O–H groups in total. The van der Waals surface area contributed by atoms with Crippen molar-refractivity contribution in [3.05, 3.63) is 28.8 Å². The first-order valence-corrected chi connectivity index (χ1v) is 5.36. The average molecular weight is 265 g/mol. The Hall–Kier alpha value is -0.480. The summed E-state index contributed by atoms with van der Waals surface area (Å²) in [5.41, 5.74) is 12.4. The molecule has 92 valence electrons. The van der Waals surface area contributed by atoms with Gasteiger partial charge in [0.05, 0.1) is 7.11 Å². The molecule has 0 fully saturated rings. The molecule has 0 saturated carbocycles. The highest BCUT2D eigenvalue weighted by Crippen LogP contribution is 2.29. The fourth-order valence-electron chi connectivity index (χ4n) is 1.49. The molecular formula is C11H18Cl2N2O. The molecule has 0 aliphatic carbocycles. The molecule has 0 unspecified atom stereocenters. The Morgan fingerprint density at radius 3 is 2.69 bits per heavy atom. The van der Waals surface area contributed by atoms with E-state index in [9.17, 15) is 0 Å². The van der Waals surface area contributed by atoms with Gasteiger partial charge in [-0.1, -0.05) is 11.6 Å². The molecule has 0 saturated heterocycles. The SMILES string of the molecule is COc1ccc(Cl)cc1[C@@H](N)CCCN.Cl. The van der Waals surface area contributed by atoms with Gasteiger partial charge >= 0.3 is 0 Å². The maximum absolute atomic E-state index is 6.03. The predicted molar refractivity (Wildman–Crippen MR) is 70.5 cm³/mol. The second kappa shape index (κ2) is 7.74. The van der Waals surface area contributed by atoms with Gasteiger partial charge in [-0.2, -0.15) is 0 Å². The fourth-order valence-corrected chi connectivity index (χ4v) is 1.67. The zero-order chi connectivity index (χ0) is 11.3. The third-order valence-electron chi connectivity index (χ3n) is 2.31. The van der Waals surface area contributed by atoms with Crippen LogP contribution in [0.15, 0.2) is 18.2 Å². The highest BCUT2D eigenvalue weighted by atomic mass is 35.5. The van der Waals surface area contributed by atoms with E-state index in [0.717, 1.165) is 24.2 Å². The van der Waals surface area contributed by atoms with Crippen molar-refractivity contribution in [2.45, 2.75) is 18.9 Å². The van der Waals surface area contributed by atoms with Crippen molar-refractivity contribution < 1.29 is 4.74 Å². The Morgan fingerprint density at radius 2 is 2.12 bits per heavy atom. The average Bonchev–Trinajstić information content (AvgIpc) is 2.25. The fraction of sp³-hybridized carbons (Fsp3) is 0.455. The minimum atomic E-state index is -0.0674. The third kappa shape index (κ3) is 4.18. The van der Waals surface area contributed by atoms with Crippen LogP contribution in [0.2, 0.25) is 5.02 Å². The Kier molecular flexibility index (Phi) is 7.51. The molecule has 16 heavy (non-hydrogen) atoms. The smallest absolute Gasteiger partial charge is 0.123 e. The van der Waals surface area contributed by atoms with Crippen LogP contribution in [-0.4, -0.2) is 13.7 Å². The number of ether oxygens (including phenoxy) is 1. The van der Waals surface area contributed by atoms with Crippen LogP contribution in [0.5, 0.6) is 5.75 Å². The molecule has 0 radical (unpaired) electrons. The molecule has 1 rings (SSSR count). The summed E-state index contributed by atoms with van der Waals surface area (Å²) in [5.74, 6) is 0.781. The molecule has 0 aliphatic rings. The van der Waals surface area contributed by atoms with Crippen LogP contribution < -0.4 is 16.2 Å². The minimum Gasteiger partial charge on any atom is -0.496 e. The standard InChI is InChI=1S/C11H17ClN2O.ClH/c1-15-11-5-4-8(12)7-9(11)10(14)3-2-6-13;/h4-5,7,10H,2-3,6,13-14H2,1H3;1H/t10-;/m0./s1. The zero-order valence-corrected chi connectivity index (χ0v) is 10.9. The lowest BCUT2D eigenvalue weighted by atomic mass is 10.0. The van der Waals surface area contributed by atoms with Gasteiger partial charge in [0.15, 0.2) is 0 Å². The summed E-state index contributed by atoms with van der Waals surface area (Å²) in [6, 6.07) is 5.41. The number of nitrogens with two attached hydrogens (primary N) is 2. The van der Waals surface area contributed by atoms with Gasteiger partial charge in [0.25, 0.3) is 0 Å². The Morgan fingerprint density at radius 1 is 1.44 bits per heavy atom. The van der Waals surface area contributed by atoms with E-state index in [1.54, 1.807) is 13.2 Å². The first kappa shape index (κ1) is 15.5. The van der Waals surface area contributed by atoms with Crippen molar-refractivity contribution in [3.63, 3.8) is 0 Å². The number of hydrogen-bond donors (Lipinski definition) is 2. The third-order valence-corrected chi connectivity index (χ3v) is 2.55. The monoisotopic (exact) mass is 264 g/mol.